The van der Waals surface area contributed by atoms with E-state index in [1.165, 1.54) is 0 Å². The molecule has 1 N–H and O–H groups in total. The second kappa shape index (κ2) is 7.84. The van der Waals surface area contributed by atoms with E-state index in [1.54, 1.807) is 16.7 Å². The Labute approximate surface area is 171 Å². The lowest BCUT2D eigenvalue weighted by molar-refractivity contribution is -0.141. The van der Waals surface area contributed by atoms with E-state index >= 15 is 0 Å². The van der Waals surface area contributed by atoms with Gasteiger partial charge in [-0.2, -0.15) is 0 Å². The summed E-state index contributed by atoms with van der Waals surface area (Å²) in [5, 5.41) is 2.90. The number of hydrogen-bond donors (Lipinski definition) is 1. The summed E-state index contributed by atoms with van der Waals surface area (Å²) in [6.07, 6.45) is 1.80. The molecule has 1 spiro atoms. The summed E-state index contributed by atoms with van der Waals surface area (Å²) in [5.74, 6) is -0.257. The zero-order valence-corrected chi connectivity index (χ0v) is 17.8. The average Bonchev–Trinajstić information content (AvgIpc) is 2.83. The maximum Gasteiger partial charge on any atom is 0.409 e. The Kier molecular flexibility index (Phi) is 5.78. The van der Waals surface area contributed by atoms with E-state index in [2.05, 4.69) is 26.1 Å². The number of hydrogen-bond acceptors (Lipinski definition) is 5. The van der Waals surface area contributed by atoms with Gasteiger partial charge in [-0.3, -0.25) is 14.5 Å². The number of carbonyl (C=O) groups is 4. The van der Waals surface area contributed by atoms with E-state index in [1.807, 2.05) is 0 Å². The third kappa shape index (κ3) is 4.33. The van der Waals surface area contributed by atoms with Crippen molar-refractivity contribution in [2.45, 2.75) is 52.5 Å². The summed E-state index contributed by atoms with van der Waals surface area (Å²) < 4.78 is 4.98. The fourth-order valence-corrected chi connectivity index (χ4v) is 5.24. The van der Waals surface area contributed by atoms with Crippen molar-refractivity contribution in [1.29, 1.82) is 0 Å². The fourth-order valence-electron chi connectivity index (χ4n) is 5.24. The molecule has 0 bridgehead atoms. The molecule has 2 atom stereocenters. The first-order chi connectivity index (χ1) is 13.6. The van der Waals surface area contributed by atoms with Crippen LogP contribution in [-0.2, 0) is 14.3 Å². The molecule has 3 rings (SSSR count). The lowest BCUT2D eigenvalue weighted by Gasteiger charge is -2.43. The van der Waals surface area contributed by atoms with Crippen LogP contribution in [0.25, 0.3) is 0 Å². The molecular weight excluding hydrogens is 376 g/mol. The normalized spacial score (nSPS) is 29.2. The number of amides is 5. The van der Waals surface area contributed by atoms with Gasteiger partial charge >= 0.3 is 12.1 Å². The van der Waals surface area contributed by atoms with Gasteiger partial charge in [0.25, 0.3) is 5.91 Å². The van der Waals surface area contributed by atoms with Crippen molar-refractivity contribution in [2.24, 2.45) is 11.3 Å². The van der Waals surface area contributed by atoms with E-state index in [-0.39, 0.29) is 29.9 Å². The van der Waals surface area contributed by atoms with Crippen LogP contribution in [0.3, 0.4) is 0 Å². The minimum absolute atomic E-state index is 0.0515. The molecule has 29 heavy (non-hydrogen) atoms. The van der Waals surface area contributed by atoms with Crippen LogP contribution in [0.1, 0.15) is 47.0 Å². The number of imide groups is 1. The highest BCUT2D eigenvalue weighted by molar-refractivity contribution is 6.09. The number of nitrogens with one attached hydrogen (secondary N) is 1. The quantitative estimate of drug-likeness (QED) is 0.712. The lowest BCUT2D eigenvalue weighted by Crippen LogP contribution is -2.55. The van der Waals surface area contributed by atoms with Crippen molar-refractivity contribution in [3.05, 3.63) is 0 Å². The van der Waals surface area contributed by atoms with Crippen molar-refractivity contribution >= 4 is 23.9 Å². The molecule has 9 heteroatoms. The summed E-state index contributed by atoms with van der Waals surface area (Å²) in [5.41, 5.74) is -0.953. The molecular formula is C20H32N4O5. The van der Waals surface area contributed by atoms with Gasteiger partial charge in [0.1, 0.15) is 12.1 Å². The van der Waals surface area contributed by atoms with Gasteiger partial charge in [-0.05, 0) is 37.5 Å². The van der Waals surface area contributed by atoms with E-state index < -0.39 is 11.6 Å². The first-order valence-electron chi connectivity index (χ1n) is 10.4. The van der Waals surface area contributed by atoms with Crippen molar-refractivity contribution in [2.75, 3.05) is 39.3 Å². The standard InChI is InChI=1S/C20H32N4O5/c1-5-29-18(28)23-8-6-22(7-9-23)15(25)12-24-16(26)20(21-17(24)27)11-14(2)10-19(3,4)13-20/h14H,5-13H2,1-4H3,(H,21,27)/t14-,20+/m0/s1. The molecule has 0 aromatic rings. The van der Waals surface area contributed by atoms with Crippen molar-refractivity contribution in [3.8, 4) is 0 Å². The molecule has 0 radical (unpaired) electrons. The molecule has 0 aromatic heterocycles. The van der Waals surface area contributed by atoms with Gasteiger partial charge in [0.2, 0.25) is 5.91 Å². The SMILES string of the molecule is CCOC(=O)N1CCN(C(=O)CN2C(=O)N[C@@]3(C[C@@H](C)CC(C)(C)C3)C2=O)CC1. The van der Waals surface area contributed by atoms with Crippen molar-refractivity contribution in [1.82, 2.24) is 20.0 Å². The lowest BCUT2D eigenvalue weighted by atomic mass is 9.64. The zero-order valence-electron chi connectivity index (χ0n) is 17.8. The second-order valence-electron chi connectivity index (χ2n) is 9.32. The fraction of sp³-hybridized carbons (Fsp3) is 0.800. The van der Waals surface area contributed by atoms with Crippen LogP contribution in [-0.4, -0.2) is 83.5 Å². The van der Waals surface area contributed by atoms with Gasteiger partial charge < -0.3 is 19.9 Å². The Morgan fingerprint density at radius 3 is 2.31 bits per heavy atom. The third-order valence-electron chi connectivity index (χ3n) is 6.08. The maximum absolute atomic E-state index is 13.2. The molecule has 0 unspecified atom stereocenters. The number of ether oxygens (including phenoxy) is 1. The Bertz CT molecular complexity index is 701. The zero-order chi connectivity index (χ0) is 21.4. The second-order valence-corrected chi connectivity index (χ2v) is 9.32. The van der Waals surface area contributed by atoms with Crippen LogP contribution in [0.2, 0.25) is 0 Å². The highest BCUT2D eigenvalue weighted by Crippen LogP contribution is 2.46. The topological polar surface area (TPSA) is 99.3 Å². The molecule has 3 aliphatic rings. The number of rotatable bonds is 3. The Morgan fingerprint density at radius 2 is 1.72 bits per heavy atom. The Balaban J connectivity index is 1.61. The number of carbonyl (C=O) groups excluding carboxylic acids is 4. The predicted octanol–water partition coefficient (Wildman–Crippen LogP) is 1.42. The minimum atomic E-state index is -0.902. The molecule has 162 valence electrons. The Hall–Kier alpha value is -2.32. The van der Waals surface area contributed by atoms with E-state index in [9.17, 15) is 19.2 Å². The van der Waals surface area contributed by atoms with E-state index in [0.29, 0.717) is 51.5 Å². The number of piperazine rings is 1. The van der Waals surface area contributed by atoms with Crippen LogP contribution < -0.4 is 5.32 Å². The maximum atomic E-state index is 13.2. The molecule has 2 saturated heterocycles. The van der Waals surface area contributed by atoms with Crippen LogP contribution >= 0.6 is 0 Å². The largest absolute Gasteiger partial charge is 0.450 e. The molecule has 0 aromatic carbocycles. The summed E-state index contributed by atoms with van der Waals surface area (Å²) in [7, 11) is 0. The van der Waals surface area contributed by atoms with Gasteiger partial charge in [-0.1, -0.05) is 20.8 Å². The smallest absolute Gasteiger partial charge is 0.409 e. The van der Waals surface area contributed by atoms with E-state index in [4.69, 9.17) is 4.74 Å². The average molecular weight is 408 g/mol. The summed E-state index contributed by atoms with van der Waals surface area (Å²) in [4.78, 5) is 54.4. The van der Waals surface area contributed by atoms with Gasteiger partial charge in [0, 0.05) is 26.2 Å². The van der Waals surface area contributed by atoms with Gasteiger partial charge in [-0.15, -0.1) is 0 Å². The molecule has 1 saturated carbocycles. The first-order valence-corrected chi connectivity index (χ1v) is 10.4. The minimum Gasteiger partial charge on any atom is -0.450 e. The number of nitrogens with zero attached hydrogens (tertiary/aromatic N) is 3. The first kappa shape index (κ1) is 21.4. The van der Waals surface area contributed by atoms with Crippen molar-refractivity contribution < 1.29 is 23.9 Å². The van der Waals surface area contributed by atoms with Crippen LogP contribution in [0, 0.1) is 11.3 Å². The molecule has 2 heterocycles. The Morgan fingerprint density at radius 1 is 1.10 bits per heavy atom. The molecule has 1 aliphatic carbocycles. The predicted molar refractivity (Wildman–Crippen MR) is 105 cm³/mol. The summed E-state index contributed by atoms with van der Waals surface area (Å²) in [6, 6.07) is -0.488. The molecule has 3 fully saturated rings. The molecule has 5 amide bonds. The van der Waals surface area contributed by atoms with Gasteiger partial charge in [0.15, 0.2) is 0 Å². The highest BCUT2D eigenvalue weighted by Gasteiger charge is 2.56. The molecule has 2 aliphatic heterocycles. The van der Waals surface area contributed by atoms with Crippen molar-refractivity contribution in [3.63, 3.8) is 0 Å². The van der Waals surface area contributed by atoms with Gasteiger partial charge in [-0.25, -0.2) is 9.59 Å². The monoisotopic (exact) mass is 408 g/mol. The summed E-state index contributed by atoms with van der Waals surface area (Å²) >= 11 is 0. The van der Waals surface area contributed by atoms with E-state index in [0.717, 1.165) is 11.3 Å². The van der Waals surface area contributed by atoms with Crippen LogP contribution in [0.5, 0.6) is 0 Å². The highest BCUT2D eigenvalue weighted by atomic mass is 16.6. The number of urea groups is 1. The summed E-state index contributed by atoms with van der Waals surface area (Å²) in [6.45, 7) is 9.58. The van der Waals surface area contributed by atoms with Crippen LogP contribution in [0.15, 0.2) is 0 Å². The van der Waals surface area contributed by atoms with Crippen LogP contribution in [0.4, 0.5) is 9.59 Å². The molecule has 9 nitrogen and oxygen atoms in total. The van der Waals surface area contributed by atoms with Gasteiger partial charge in [0.05, 0.1) is 6.61 Å². The third-order valence-corrected chi connectivity index (χ3v) is 6.08.